The molecule has 1 heterocycles. The van der Waals surface area contributed by atoms with Crippen molar-refractivity contribution in [3.63, 3.8) is 0 Å². The predicted molar refractivity (Wildman–Crippen MR) is 117 cm³/mol. The van der Waals surface area contributed by atoms with Gasteiger partial charge in [0.15, 0.2) is 0 Å². The van der Waals surface area contributed by atoms with E-state index in [-0.39, 0.29) is 11.8 Å². The van der Waals surface area contributed by atoms with Crippen LogP contribution < -0.4 is 14.4 Å². The van der Waals surface area contributed by atoms with E-state index in [0.717, 1.165) is 12.2 Å². The van der Waals surface area contributed by atoms with Crippen LogP contribution in [0.5, 0.6) is 11.5 Å². The summed E-state index contributed by atoms with van der Waals surface area (Å²) in [6.07, 6.45) is 0.881. The van der Waals surface area contributed by atoms with Crippen molar-refractivity contribution in [2.24, 2.45) is 0 Å². The summed E-state index contributed by atoms with van der Waals surface area (Å²) < 4.78 is 11.1. The van der Waals surface area contributed by atoms with E-state index in [0.29, 0.717) is 46.4 Å². The third kappa shape index (κ3) is 4.48. The molecule has 5 nitrogen and oxygen atoms in total. The van der Waals surface area contributed by atoms with E-state index in [1.807, 2.05) is 51.1 Å². The van der Waals surface area contributed by atoms with Crippen molar-refractivity contribution in [2.75, 3.05) is 23.9 Å². The first-order valence-electron chi connectivity index (χ1n) is 9.82. The number of carbonyl (C=O) groups excluding carboxylic acids is 2. The van der Waals surface area contributed by atoms with Crippen LogP contribution in [0, 0.1) is 0 Å². The molecule has 0 saturated carbocycles. The molecule has 0 aliphatic carbocycles. The van der Waals surface area contributed by atoms with Crippen LogP contribution in [0.2, 0.25) is 0 Å². The number of rotatable bonds is 9. The highest BCUT2D eigenvalue weighted by atomic mass is 32.2. The fourth-order valence-electron chi connectivity index (χ4n) is 3.09. The number of hydrogen-bond acceptors (Lipinski definition) is 5. The molecule has 2 amide bonds. The number of imide groups is 1. The van der Waals surface area contributed by atoms with E-state index in [9.17, 15) is 9.59 Å². The van der Waals surface area contributed by atoms with Crippen LogP contribution in [-0.2, 0) is 9.59 Å². The Bertz CT molecular complexity index is 921. The van der Waals surface area contributed by atoms with Gasteiger partial charge in [-0.05, 0) is 48.9 Å². The van der Waals surface area contributed by atoms with Gasteiger partial charge in [-0.2, -0.15) is 0 Å². The Balaban J connectivity index is 1.96. The number of hydrogen-bond donors (Lipinski definition) is 0. The number of carbonyl (C=O) groups is 2. The van der Waals surface area contributed by atoms with Crippen molar-refractivity contribution in [2.45, 2.75) is 27.2 Å². The average Bonchev–Trinajstić information content (AvgIpc) is 2.97. The molecule has 0 fully saturated rings. The van der Waals surface area contributed by atoms with Crippen LogP contribution in [0.1, 0.15) is 32.8 Å². The first kappa shape index (κ1) is 21.0. The Morgan fingerprint density at radius 3 is 2.31 bits per heavy atom. The van der Waals surface area contributed by atoms with E-state index in [1.54, 1.807) is 18.2 Å². The van der Waals surface area contributed by atoms with Crippen molar-refractivity contribution in [1.82, 2.24) is 0 Å². The average molecular weight is 412 g/mol. The van der Waals surface area contributed by atoms with Crippen LogP contribution in [0.15, 0.2) is 53.4 Å². The van der Waals surface area contributed by atoms with Gasteiger partial charge >= 0.3 is 0 Å². The minimum atomic E-state index is -0.317. The number of amides is 2. The maximum absolute atomic E-state index is 13.3. The number of anilines is 1. The molecule has 0 saturated heterocycles. The van der Waals surface area contributed by atoms with Gasteiger partial charge in [0.05, 0.1) is 29.4 Å². The number of benzene rings is 2. The fourth-order valence-corrected chi connectivity index (χ4v) is 3.95. The lowest BCUT2D eigenvalue weighted by molar-refractivity contribution is -0.119. The largest absolute Gasteiger partial charge is 0.494 e. The summed E-state index contributed by atoms with van der Waals surface area (Å²) in [6.45, 7) is 7.06. The molecule has 0 atom stereocenters. The Kier molecular flexibility index (Phi) is 6.99. The summed E-state index contributed by atoms with van der Waals surface area (Å²) in [4.78, 5) is 28.2. The summed E-state index contributed by atoms with van der Waals surface area (Å²) in [5, 5.41) is 0. The maximum Gasteiger partial charge on any atom is 0.272 e. The van der Waals surface area contributed by atoms with Crippen LogP contribution in [-0.4, -0.2) is 30.8 Å². The van der Waals surface area contributed by atoms with Crippen LogP contribution in [0.4, 0.5) is 5.69 Å². The highest BCUT2D eigenvalue weighted by molar-refractivity contribution is 8.04. The van der Waals surface area contributed by atoms with E-state index < -0.39 is 0 Å². The van der Waals surface area contributed by atoms with Crippen molar-refractivity contribution in [1.29, 1.82) is 0 Å². The van der Waals surface area contributed by atoms with E-state index in [1.165, 1.54) is 16.7 Å². The summed E-state index contributed by atoms with van der Waals surface area (Å²) in [6, 6.07) is 14.4. The first-order chi connectivity index (χ1) is 14.1. The van der Waals surface area contributed by atoms with Gasteiger partial charge < -0.3 is 9.47 Å². The summed E-state index contributed by atoms with van der Waals surface area (Å²) in [5.74, 6) is 1.46. The molecule has 0 unspecified atom stereocenters. The van der Waals surface area contributed by atoms with Crippen molar-refractivity contribution in [3.05, 3.63) is 59.0 Å². The molecule has 0 bridgehead atoms. The zero-order chi connectivity index (χ0) is 20.8. The number of thioether (sulfide) groups is 1. The van der Waals surface area contributed by atoms with Gasteiger partial charge in [0.2, 0.25) is 0 Å². The third-order valence-electron chi connectivity index (χ3n) is 4.33. The lowest BCUT2D eigenvalue weighted by atomic mass is 10.1. The SMILES string of the molecule is CCCOc1cccc(N2C(=O)C(SCC)=C(c3ccc(OCC)cc3)C2=O)c1. The Labute approximate surface area is 175 Å². The first-order valence-corrected chi connectivity index (χ1v) is 10.8. The van der Waals surface area contributed by atoms with Gasteiger partial charge in [-0.15, -0.1) is 11.8 Å². The third-order valence-corrected chi connectivity index (χ3v) is 5.29. The molecule has 1 aliphatic rings. The van der Waals surface area contributed by atoms with Crippen LogP contribution in [0.3, 0.4) is 0 Å². The van der Waals surface area contributed by atoms with Gasteiger partial charge in [-0.25, -0.2) is 4.90 Å². The molecule has 0 aromatic heterocycles. The van der Waals surface area contributed by atoms with Gasteiger partial charge in [0.25, 0.3) is 11.8 Å². The van der Waals surface area contributed by atoms with Crippen LogP contribution >= 0.6 is 11.8 Å². The van der Waals surface area contributed by atoms with E-state index >= 15 is 0 Å². The molecule has 6 heteroatoms. The summed E-state index contributed by atoms with van der Waals surface area (Å²) >= 11 is 1.39. The minimum Gasteiger partial charge on any atom is -0.494 e. The molecular formula is C23H25NO4S. The van der Waals surface area contributed by atoms with Crippen molar-refractivity contribution in [3.8, 4) is 11.5 Å². The second-order valence-corrected chi connectivity index (χ2v) is 7.66. The smallest absolute Gasteiger partial charge is 0.272 e. The molecule has 0 radical (unpaired) electrons. The summed E-state index contributed by atoms with van der Waals surface area (Å²) in [7, 11) is 0. The van der Waals surface area contributed by atoms with E-state index in [2.05, 4.69) is 0 Å². The monoisotopic (exact) mass is 411 g/mol. The Morgan fingerprint density at radius 1 is 0.897 bits per heavy atom. The Hall–Kier alpha value is -2.73. The molecule has 0 N–H and O–H groups in total. The van der Waals surface area contributed by atoms with Crippen molar-refractivity contribution >= 4 is 34.8 Å². The lowest BCUT2D eigenvalue weighted by Gasteiger charge is -2.16. The molecule has 152 valence electrons. The Morgan fingerprint density at radius 2 is 1.66 bits per heavy atom. The zero-order valence-corrected chi connectivity index (χ0v) is 17.8. The molecule has 2 aromatic rings. The second kappa shape index (κ2) is 9.65. The highest BCUT2D eigenvalue weighted by Crippen LogP contribution is 2.39. The van der Waals surface area contributed by atoms with Crippen molar-refractivity contribution < 1.29 is 19.1 Å². The minimum absolute atomic E-state index is 0.293. The molecule has 0 spiro atoms. The standard InChI is InChI=1S/C23H25NO4S/c1-4-14-28-19-9-7-8-17(15-19)24-22(25)20(21(23(24)26)29-6-3)16-10-12-18(13-11-16)27-5-2/h7-13,15H,4-6,14H2,1-3H3. The molecule has 1 aliphatic heterocycles. The van der Waals surface area contributed by atoms with E-state index in [4.69, 9.17) is 9.47 Å². The summed E-state index contributed by atoms with van der Waals surface area (Å²) in [5.41, 5.74) is 1.66. The lowest BCUT2D eigenvalue weighted by Crippen LogP contribution is -2.31. The molecule has 2 aromatic carbocycles. The zero-order valence-electron chi connectivity index (χ0n) is 16.9. The predicted octanol–water partition coefficient (Wildman–Crippen LogP) is 4.91. The fraction of sp³-hybridized carbons (Fsp3) is 0.304. The van der Waals surface area contributed by atoms with Gasteiger partial charge in [0.1, 0.15) is 11.5 Å². The second-order valence-electron chi connectivity index (χ2n) is 6.39. The molecular weight excluding hydrogens is 386 g/mol. The van der Waals surface area contributed by atoms with Crippen LogP contribution in [0.25, 0.3) is 5.57 Å². The number of nitrogens with zero attached hydrogens (tertiary/aromatic N) is 1. The number of ether oxygens (including phenoxy) is 2. The highest BCUT2D eigenvalue weighted by Gasteiger charge is 2.40. The normalized spacial score (nSPS) is 14.0. The quantitative estimate of drug-likeness (QED) is 0.549. The maximum atomic E-state index is 13.3. The van der Waals surface area contributed by atoms with Gasteiger partial charge in [0, 0.05) is 6.07 Å². The van der Waals surface area contributed by atoms with Gasteiger partial charge in [-0.3, -0.25) is 9.59 Å². The molecule has 29 heavy (non-hydrogen) atoms. The molecule has 3 rings (SSSR count). The topological polar surface area (TPSA) is 55.8 Å². The van der Waals surface area contributed by atoms with Gasteiger partial charge in [-0.1, -0.05) is 32.0 Å².